The van der Waals surface area contributed by atoms with Crippen molar-refractivity contribution in [2.24, 2.45) is 7.05 Å². The molecule has 0 unspecified atom stereocenters. The van der Waals surface area contributed by atoms with Crippen molar-refractivity contribution in [2.75, 3.05) is 11.9 Å². The van der Waals surface area contributed by atoms with Gasteiger partial charge in [-0.15, -0.1) is 0 Å². The monoisotopic (exact) mass is 430 g/mol. The number of carbonyl (C=O) groups excluding carboxylic acids is 1. The average Bonchev–Trinajstić information content (AvgIpc) is 3.09. The van der Waals surface area contributed by atoms with Gasteiger partial charge in [-0.2, -0.15) is 0 Å². The fourth-order valence-corrected chi connectivity index (χ4v) is 3.42. The molecule has 0 radical (unpaired) electrons. The maximum atomic E-state index is 11.7. The van der Waals surface area contributed by atoms with Crippen LogP contribution in [-0.4, -0.2) is 27.1 Å². The highest BCUT2D eigenvalue weighted by molar-refractivity contribution is 5.81. The predicted octanol–water partition coefficient (Wildman–Crippen LogP) is 5.17. The molecule has 0 aliphatic rings. The van der Waals surface area contributed by atoms with Gasteiger partial charge in [-0.3, -0.25) is 9.78 Å². The van der Waals surface area contributed by atoms with Crippen LogP contribution in [0.1, 0.15) is 25.1 Å². The number of fused-ring (bicyclic) bond motifs is 1. The van der Waals surface area contributed by atoms with Crippen LogP contribution in [0.2, 0.25) is 0 Å². The molecule has 0 aliphatic carbocycles. The summed E-state index contributed by atoms with van der Waals surface area (Å²) in [5.41, 5.74) is 4.69. The summed E-state index contributed by atoms with van der Waals surface area (Å²) in [6.45, 7) is 4.27. The lowest BCUT2D eigenvalue weighted by atomic mass is 10.1. The van der Waals surface area contributed by atoms with Gasteiger partial charge in [0.15, 0.2) is 0 Å². The number of imidazole rings is 1. The molecular weight excluding hydrogens is 404 g/mol. The van der Waals surface area contributed by atoms with E-state index in [1.165, 1.54) is 5.56 Å². The lowest BCUT2D eigenvalue weighted by Gasteiger charge is -2.08. The Labute approximate surface area is 187 Å². The molecule has 7 nitrogen and oxygen atoms in total. The Bertz CT molecular complexity index is 1230. The standard InChI is InChI=1S/C25H26N4O3/c1-4-17-6-8-18(9-7-17)27-25-28-22-16-20(10-11-23(22)29(25)3)32-21-12-13-26-19(14-21)15-24(30)31-5-2/h6-14,16H,4-5,15H2,1-3H3,(H,27,28). The minimum Gasteiger partial charge on any atom is -0.466 e. The van der Waals surface area contributed by atoms with Crippen LogP contribution in [0.4, 0.5) is 11.6 Å². The molecule has 0 spiro atoms. The second-order valence-electron chi connectivity index (χ2n) is 7.39. The molecular formula is C25H26N4O3. The van der Waals surface area contributed by atoms with E-state index in [0.29, 0.717) is 23.8 Å². The zero-order valence-corrected chi connectivity index (χ0v) is 18.5. The van der Waals surface area contributed by atoms with E-state index in [9.17, 15) is 4.79 Å². The Morgan fingerprint density at radius 2 is 1.81 bits per heavy atom. The zero-order valence-electron chi connectivity index (χ0n) is 18.5. The van der Waals surface area contributed by atoms with Gasteiger partial charge in [0, 0.05) is 31.1 Å². The van der Waals surface area contributed by atoms with Gasteiger partial charge in [-0.25, -0.2) is 4.98 Å². The highest BCUT2D eigenvalue weighted by atomic mass is 16.5. The van der Waals surface area contributed by atoms with Crippen LogP contribution in [0.3, 0.4) is 0 Å². The van der Waals surface area contributed by atoms with Gasteiger partial charge in [0.1, 0.15) is 11.5 Å². The van der Waals surface area contributed by atoms with Gasteiger partial charge in [0.2, 0.25) is 5.95 Å². The lowest BCUT2D eigenvalue weighted by molar-refractivity contribution is -0.142. The SMILES string of the molecule is CCOC(=O)Cc1cc(Oc2ccc3c(c2)nc(Nc2ccc(CC)cc2)n3C)ccn1. The summed E-state index contributed by atoms with van der Waals surface area (Å²) < 4.78 is 13.0. The molecule has 164 valence electrons. The molecule has 0 fully saturated rings. The third kappa shape index (κ3) is 4.88. The van der Waals surface area contributed by atoms with E-state index in [1.807, 2.05) is 29.8 Å². The Balaban J connectivity index is 1.52. The largest absolute Gasteiger partial charge is 0.466 e. The lowest BCUT2D eigenvalue weighted by Crippen LogP contribution is -2.08. The number of nitrogens with one attached hydrogen (secondary N) is 1. The number of hydrogen-bond donors (Lipinski definition) is 1. The molecule has 0 saturated heterocycles. The quantitative estimate of drug-likeness (QED) is 0.389. The molecule has 0 aliphatic heterocycles. The van der Waals surface area contributed by atoms with E-state index in [4.69, 9.17) is 14.5 Å². The maximum absolute atomic E-state index is 11.7. The summed E-state index contributed by atoms with van der Waals surface area (Å²) >= 11 is 0. The first kappa shape index (κ1) is 21.4. The van der Waals surface area contributed by atoms with Crippen LogP contribution in [-0.2, 0) is 29.4 Å². The summed E-state index contributed by atoms with van der Waals surface area (Å²) in [5.74, 6) is 1.70. The van der Waals surface area contributed by atoms with E-state index in [2.05, 4.69) is 41.5 Å². The molecule has 7 heteroatoms. The van der Waals surface area contributed by atoms with Crippen molar-refractivity contribution >= 4 is 28.6 Å². The van der Waals surface area contributed by atoms with Crippen LogP contribution in [0.5, 0.6) is 11.5 Å². The van der Waals surface area contributed by atoms with Gasteiger partial charge in [0.05, 0.1) is 29.8 Å². The van der Waals surface area contributed by atoms with Crippen LogP contribution in [0, 0.1) is 0 Å². The third-order valence-electron chi connectivity index (χ3n) is 5.13. The second kappa shape index (κ2) is 9.51. The normalized spacial score (nSPS) is 10.8. The van der Waals surface area contributed by atoms with Gasteiger partial charge in [0.25, 0.3) is 0 Å². The molecule has 4 aromatic rings. The summed E-state index contributed by atoms with van der Waals surface area (Å²) in [5, 5.41) is 3.38. The van der Waals surface area contributed by atoms with Crippen molar-refractivity contribution in [1.82, 2.24) is 14.5 Å². The van der Waals surface area contributed by atoms with Crippen LogP contribution < -0.4 is 10.1 Å². The number of aryl methyl sites for hydroxylation is 2. The number of aromatic nitrogens is 3. The van der Waals surface area contributed by atoms with Crippen molar-refractivity contribution in [3.8, 4) is 11.5 Å². The molecule has 4 rings (SSSR count). The predicted molar refractivity (Wildman–Crippen MR) is 124 cm³/mol. The van der Waals surface area contributed by atoms with Gasteiger partial charge in [-0.05, 0) is 49.2 Å². The smallest absolute Gasteiger partial charge is 0.311 e. The van der Waals surface area contributed by atoms with Crippen molar-refractivity contribution in [3.63, 3.8) is 0 Å². The Kier molecular flexibility index (Phi) is 6.35. The number of benzene rings is 2. The first-order valence-corrected chi connectivity index (χ1v) is 10.7. The van der Waals surface area contributed by atoms with E-state index in [1.54, 1.807) is 25.3 Å². The van der Waals surface area contributed by atoms with Gasteiger partial charge in [-0.1, -0.05) is 19.1 Å². The van der Waals surface area contributed by atoms with E-state index >= 15 is 0 Å². The molecule has 32 heavy (non-hydrogen) atoms. The van der Waals surface area contributed by atoms with E-state index in [0.717, 1.165) is 29.1 Å². The summed E-state index contributed by atoms with van der Waals surface area (Å²) in [6, 6.07) is 17.6. The maximum Gasteiger partial charge on any atom is 0.311 e. The molecule has 0 atom stereocenters. The number of pyridine rings is 1. The Hall–Kier alpha value is -3.87. The number of esters is 1. The third-order valence-corrected chi connectivity index (χ3v) is 5.13. The number of hydrogen-bond acceptors (Lipinski definition) is 6. The van der Waals surface area contributed by atoms with Crippen molar-refractivity contribution in [1.29, 1.82) is 0 Å². The van der Waals surface area contributed by atoms with E-state index < -0.39 is 0 Å². The fraction of sp³-hybridized carbons (Fsp3) is 0.240. The molecule has 2 heterocycles. The number of carbonyl (C=O) groups is 1. The number of anilines is 2. The van der Waals surface area contributed by atoms with Crippen molar-refractivity contribution in [2.45, 2.75) is 26.7 Å². The molecule has 0 amide bonds. The number of ether oxygens (including phenoxy) is 2. The summed E-state index contributed by atoms with van der Waals surface area (Å²) in [7, 11) is 1.98. The minimum atomic E-state index is -0.309. The van der Waals surface area contributed by atoms with Crippen LogP contribution >= 0.6 is 0 Å². The second-order valence-corrected chi connectivity index (χ2v) is 7.39. The molecule has 0 bridgehead atoms. The number of nitrogens with zero attached hydrogens (tertiary/aromatic N) is 3. The summed E-state index contributed by atoms with van der Waals surface area (Å²) in [6.07, 6.45) is 2.74. The van der Waals surface area contributed by atoms with Crippen molar-refractivity contribution < 1.29 is 14.3 Å². The number of rotatable bonds is 8. The minimum absolute atomic E-state index is 0.110. The topological polar surface area (TPSA) is 78.3 Å². The van der Waals surface area contributed by atoms with E-state index in [-0.39, 0.29) is 12.4 Å². The van der Waals surface area contributed by atoms with Gasteiger partial charge >= 0.3 is 5.97 Å². The highest BCUT2D eigenvalue weighted by Crippen LogP contribution is 2.28. The van der Waals surface area contributed by atoms with Crippen LogP contribution in [0.15, 0.2) is 60.8 Å². The molecule has 0 saturated carbocycles. The highest BCUT2D eigenvalue weighted by Gasteiger charge is 2.11. The zero-order chi connectivity index (χ0) is 22.5. The fourth-order valence-electron chi connectivity index (χ4n) is 3.42. The molecule has 1 N–H and O–H groups in total. The average molecular weight is 431 g/mol. The molecule has 2 aromatic heterocycles. The first-order chi connectivity index (χ1) is 15.6. The Morgan fingerprint density at radius 1 is 1.03 bits per heavy atom. The molecule has 2 aromatic carbocycles. The summed E-state index contributed by atoms with van der Waals surface area (Å²) in [4.78, 5) is 20.6. The van der Waals surface area contributed by atoms with Crippen molar-refractivity contribution in [3.05, 3.63) is 72.1 Å². The van der Waals surface area contributed by atoms with Gasteiger partial charge < -0.3 is 19.4 Å². The Morgan fingerprint density at radius 3 is 2.56 bits per heavy atom. The first-order valence-electron chi connectivity index (χ1n) is 10.7. The van der Waals surface area contributed by atoms with Crippen LogP contribution in [0.25, 0.3) is 11.0 Å².